The smallest absolute Gasteiger partial charge is 0.415 e. The van der Waals surface area contributed by atoms with Gasteiger partial charge in [0.1, 0.15) is 16.6 Å². The normalized spacial score (nSPS) is 10.8. The summed E-state index contributed by atoms with van der Waals surface area (Å²) in [6.07, 6.45) is -1.56. The second-order valence-corrected chi connectivity index (χ2v) is 9.54. The van der Waals surface area contributed by atoms with Gasteiger partial charge in [-0.15, -0.1) is 11.3 Å². The minimum Gasteiger partial charge on any atom is -0.478 e. The van der Waals surface area contributed by atoms with Crippen molar-refractivity contribution in [3.63, 3.8) is 0 Å². The van der Waals surface area contributed by atoms with Crippen molar-refractivity contribution in [2.75, 3.05) is 37.5 Å². The fourth-order valence-corrected chi connectivity index (χ4v) is 5.11. The van der Waals surface area contributed by atoms with Crippen LogP contribution in [0.3, 0.4) is 0 Å². The molecule has 0 spiro atoms. The van der Waals surface area contributed by atoms with Crippen LogP contribution in [-0.2, 0) is 22.6 Å². The lowest BCUT2D eigenvalue weighted by Gasteiger charge is -2.22. The molecule has 3 aromatic rings. The molecule has 2 aromatic carbocycles. The molecular formula is C27H29F2N3O6S. The number of carboxylic acid groups (broad SMARTS) is 1. The lowest BCUT2D eigenvalue weighted by molar-refractivity contribution is 0.0696. The molecule has 0 saturated heterocycles. The molecule has 39 heavy (non-hydrogen) atoms. The number of nitrogens with one attached hydrogen (secondary N) is 1. The zero-order chi connectivity index (χ0) is 28.7. The Labute approximate surface area is 228 Å². The van der Waals surface area contributed by atoms with E-state index in [0.29, 0.717) is 21.7 Å². The number of aromatic carboxylic acids is 1. The predicted molar refractivity (Wildman–Crippen MR) is 144 cm³/mol. The third-order valence-corrected chi connectivity index (χ3v) is 6.76. The van der Waals surface area contributed by atoms with E-state index in [1.54, 1.807) is 57.1 Å². The number of rotatable bonds is 10. The van der Waals surface area contributed by atoms with Gasteiger partial charge < -0.3 is 19.5 Å². The number of benzene rings is 2. The largest absolute Gasteiger partial charge is 0.478 e. The summed E-state index contributed by atoms with van der Waals surface area (Å²) in [6.45, 7) is 3.05. The first-order valence-corrected chi connectivity index (χ1v) is 12.8. The van der Waals surface area contributed by atoms with Crippen molar-refractivity contribution in [1.82, 2.24) is 4.90 Å². The number of hydrogen-bond acceptors (Lipinski definition) is 7. The molecule has 12 heteroatoms. The Bertz CT molecular complexity index is 1320. The molecule has 0 bridgehead atoms. The quantitative estimate of drug-likeness (QED) is 0.304. The second kappa shape index (κ2) is 13.2. The molecular weight excluding hydrogens is 532 g/mol. The zero-order valence-corrected chi connectivity index (χ0v) is 22.7. The molecule has 1 aromatic heterocycles. The van der Waals surface area contributed by atoms with Gasteiger partial charge in [-0.05, 0) is 57.8 Å². The number of thiophene rings is 1. The number of amides is 2. The topological polar surface area (TPSA) is 108 Å². The first-order valence-electron chi connectivity index (χ1n) is 12.0. The molecule has 2 amide bonds. The van der Waals surface area contributed by atoms with Crippen LogP contribution in [-0.4, -0.2) is 55.5 Å². The van der Waals surface area contributed by atoms with Crippen LogP contribution in [0.2, 0.25) is 0 Å². The summed E-state index contributed by atoms with van der Waals surface area (Å²) in [4.78, 5) is 40.6. The van der Waals surface area contributed by atoms with Gasteiger partial charge in [-0.1, -0.05) is 18.2 Å². The SMILES string of the molecule is CCOC(=O)Nc1ccc(-c2sc(N(Cc3c(F)cccc3F)C(=O)OCC)c(C(=O)O)c2CN(C)C)cc1. The van der Waals surface area contributed by atoms with Gasteiger partial charge in [-0.25, -0.2) is 23.2 Å². The third-order valence-electron chi connectivity index (χ3n) is 5.46. The van der Waals surface area contributed by atoms with Gasteiger partial charge in [0.2, 0.25) is 0 Å². The van der Waals surface area contributed by atoms with Gasteiger partial charge in [0.25, 0.3) is 0 Å². The van der Waals surface area contributed by atoms with Crippen LogP contribution in [0.4, 0.5) is 29.1 Å². The third kappa shape index (κ3) is 7.09. The first-order chi connectivity index (χ1) is 18.6. The molecule has 208 valence electrons. The molecule has 1 heterocycles. The number of anilines is 2. The van der Waals surface area contributed by atoms with Crippen molar-refractivity contribution in [2.24, 2.45) is 0 Å². The summed E-state index contributed by atoms with van der Waals surface area (Å²) >= 11 is 0.991. The monoisotopic (exact) mass is 561 g/mol. The molecule has 0 unspecified atom stereocenters. The maximum absolute atomic E-state index is 14.6. The molecule has 0 aliphatic heterocycles. The van der Waals surface area contributed by atoms with Gasteiger partial charge in [0, 0.05) is 28.2 Å². The van der Waals surface area contributed by atoms with Gasteiger partial charge in [-0.3, -0.25) is 10.2 Å². The minimum atomic E-state index is -1.31. The van der Waals surface area contributed by atoms with E-state index >= 15 is 0 Å². The Morgan fingerprint density at radius 3 is 2.08 bits per heavy atom. The Hall–Kier alpha value is -4.03. The van der Waals surface area contributed by atoms with E-state index in [1.165, 1.54) is 6.07 Å². The minimum absolute atomic E-state index is 0.0239. The molecule has 0 fully saturated rings. The van der Waals surface area contributed by atoms with Crippen LogP contribution in [0.1, 0.15) is 35.3 Å². The Morgan fingerprint density at radius 2 is 1.54 bits per heavy atom. The van der Waals surface area contributed by atoms with Gasteiger partial charge in [-0.2, -0.15) is 0 Å². The highest BCUT2D eigenvalue weighted by Gasteiger charge is 2.32. The summed E-state index contributed by atoms with van der Waals surface area (Å²) in [5.74, 6) is -3.07. The van der Waals surface area contributed by atoms with Gasteiger partial charge >= 0.3 is 18.2 Å². The number of nitrogens with zero attached hydrogens (tertiary/aromatic N) is 2. The van der Waals surface area contributed by atoms with E-state index in [9.17, 15) is 28.3 Å². The molecule has 0 saturated carbocycles. The zero-order valence-electron chi connectivity index (χ0n) is 21.9. The summed E-state index contributed by atoms with van der Waals surface area (Å²) in [5.41, 5.74) is 0.898. The van der Waals surface area contributed by atoms with Crippen molar-refractivity contribution >= 4 is 40.2 Å². The number of ether oxygens (including phenoxy) is 2. The fourth-order valence-electron chi connectivity index (χ4n) is 3.81. The van der Waals surface area contributed by atoms with Crippen LogP contribution in [0.25, 0.3) is 10.4 Å². The molecule has 9 nitrogen and oxygen atoms in total. The number of carbonyl (C=O) groups excluding carboxylic acids is 2. The highest BCUT2D eigenvalue weighted by atomic mass is 32.1. The Balaban J connectivity index is 2.17. The number of carboxylic acids is 1. The van der Waals surface area contributed by atoms with E-state index in [2.05, 4.69) is 5.32 Å². The lowest BCUT2D eigenvalue weighted by Crippen LogP contribution is -2.32. The Kier molecular flexibility index (Phi) is 9.96. The average Bonchev–Trinajstić information content (AvgIpc) is 3.23. The summed E-state index contributed by atoms with van der Waals surface area (Å²) in [7, 11) is 3.52. The number of carbonyl (C=O) groups is 3. The van der Waals surface area contributed by atoms with Crippen molar-refractivity contribution < 1.29 is 37.7 Å². The number of halogens is 2. The van der Waals surface area contributed by atoms with E-state index in [1.807, 2.05) is 0 Å². The highest BCUT2D eigenvalue weighted by molar-refractivity contribution is 7.20. The lowest BCUT2D eigenvalue weighted by atomic mass is 10.0. The van der Waals surface area contributed by atoms with Crippen LogP contribution in [0.5, 0.6) is 0 Å². The van der Waals surface area contributed by atoms with Crippen molar-refractivity contribution in [1.29, 1.82) is 0 Å². The standard InChI is InChI=1S/C27H29F2N3O6S/c1-5-37-26(35)30-17-12-10-16(11-13-17)23-19(14-31(3)4)22(25(33)34)24(39-23)32(27(36)38-6-2)15-18-20(28)8-7-9-21(18)29/h7-13H,5-6,14-15H2,1-4H3,(H,30,35)(H,33,34). The first kappa shape index (κ1) is 29.5. The molecule has 0 radical (unpaired) electrons. The van der Waals surface area contributed by atoms with E-state index in [-0.39, 0.29) is 30.3 Å². The molecule has 3 rings (SSSR count). The summed E-state index contributed by atoms with van der Waals surface area (Å²) in [6, 6.07) is 9.95. The molecule has 2 N–H and O–H groups in total. The molecule has 0 atom stereocenters. The van der Waals surface area contributed by atoms with E-state index in [4.69, 9.17) is 9.47 Å². The van der Waals surface area contributed by atoms with Gasteiger partial charge in [0.05, 0.1) is 25.3 Å². The van der Waals surface area contributed by atoms with E-state index < -0.39 is 41.9 Å². The predicted octanol–water partition coefficient (Wildman–Crippen LogP) is 6.18. The van der Waals surface area contributed by atoms with E-state index in [0.717, 1.165) is 28.4 Å². The Morgan fingerprint density at radius 1 is 0.923 bits per heavy atom. The summed E-state index contributed by atoms with van der Waals surface area (Å²) < 4.78 is 39.1. The van der Waals surface area contributed by atoms with Gasteiger partial charge in [0.15, 0.2) is 0 Å². The van der Waals surface area contributed by atoms with Crippen LogP contribution < -0.4 is 10.2 Å². The van der Waals surface area contributed by atoms with Crippen molar-refractivity contribution in [2.45, 2.75) is 26.9 Å². The van der Waals surface area contributed by atoms with Crippen molar-refractivity contribution in [3.05, 3.63) is 70.8 Å². The van der Waals surface area contributed by atoms with Crippen LogP contribution >= 0.6 is 11.3 Å². The molecule has 0 aliphatic carbocycles. The van der Waals surface area contributed by atoms with Crippen LogP contribution in [0, 0.1) is 11.6 Å². The second-order valence-electron chi connectivity index (χ2n) is 8.54. The van der Waals surface area contributed by atoms with Crippen molar-refractivity contribution in [3.8, 4) is 10.4 Å². The number of hydrogen-bond donors (Lipinski definition) is 2. The maximum Gasteiger partial charge on any atom is 0.415 e. The summed E-state index contributed by atoms with van der Waals surface area (Å²) in [5, 5.41) is 12.8. The van der Waals surface area contributed by atoms with Crippen LogP contribution in [0.15, 0.2) is 42.5 Å². The maximum atomic E-state index is 14.6. The fraction of sp³-hybridized carbons (Fsp3) is 0.296. The highest BCUT2D eigenvalue weighted by Crippen LogP contribution is 2.44. The molecule has 0 aliphatic rings. The average molecular weight is 562 g/mol.